The van der Waals surface area contributed by atoms with E-state index in [0.29, 0.717) is 5.02 Å². The number of halogens is 1. The molecule has 5 nitrogen and oxygen atoms in total. The molecule has 0 bridgehead atoms. The van der Waals surface area contributed by atoms with Gasteiger partial charge in [-0.3, -0.25) is 4.68 Å². The Morgan fingerprint density at radius 3 is 2.72 bits per heavy atom. The molecule has 0 radical (unpaired) electrons. The number of hydrogen-bond donors (Lipinski definition) is 1. The summed E-state index contributed by atoms with van der Waals surface area (Å²) in [6.45, 7) is 3.03. The molecular formula is C12H18ClN5. The van der Waals surface area contributed by atoms with Crippen molar-refractivity contribution in [3.05, 3.63) is 35.1 Å². The molecule has 0 aliphatic carbocycles. The van der Waals surface area contributed by atoms with Crippen molar-refractivity contribution in [3.63, 3.8) is 0 Å². The Balaban J connectivity index is 2.40. The van der Waals surface area contributed by atoms with Crippen molar-refractivity contribution in [2.24, 2.45) is 14.1 Å². The van der Waals surface area contributed by atoms with Crippen LogP contribution < -0.4 is 5.32 Å². The predicted octanol–water partition coefficient (Wildman–Crippen LogP) is 1.90. The van der Waals surface area contributed by atoms with Crippen molar-refractivity contribution in [2.75, 3.05) is 6.54 Å². The molecule has 0 aliphatic rings. The molecule has 0 aromatic carbocycles. The fourth-order valence-corrected chi connectivity index (χ4v) is 2.27. The Bertz CT molecular complexity index is 497. The van der Waals surface area contributed by atoms with Crippen LogP contribution in [0, 0.1) is 0 Å². The van der Waals surface area contributed by atoms with Crippen LogP contribution in [0.5, 0.6) is 0 Å². The quantitative estimate of drug-likeness (QED) is 0.900. The lowest BCUT2D eigenvalue weighted by atomic mass is 10.2. The summed E-state index contributed by atoms with van der Waals surface area (Å²) in [4.78, 5) is 4.41. The van der Waals surface area contributed by atoms with Crippen molar-refractivity contribution in [2.45, 2.75) is 19.4 Å². The van der Waals surface area contributed by atoms with Crippen molar-refractivity contribution in [3.8, 4) is 0 Å². The molecule has 0 saturated carbocycles. The lowest BCUT2D eigenvalue weighted by Gasteiger charge is -2.19. The van der Waals surface area contributed by atoms with E-state index in [2.05, 4.69) is 22.3 Å². The van der Waals surface area contributed by atoms with Gasteiger partial charge in [-0.25, -0.2) is 4.98 Å². The Kier molecular flexibility index (Phi) is 4.04. The number of rotatable bonds is 5. The van der Waals surface area contributed by atoms with E-state index in [0.717, 1.165) is 24.5 Å². The topological polar surface area (TPSA) is 47.7 Å². The highest BCUT2D eigenvalue weighted by Gasteiger charge is 2.23. The monoisotopic (exact) mass is 267 g/mol. The second-order valence-electron chi connectivity index (χ2n) is 4.28. The molecule has 1 unspecified atom stereocenters. The van der Waals surface area contributed by atoms with Gasteiger partial charge in [-0.2, -0.15) is 5.10 Å². The van der Waals surface area contributed by atoms with Crippen LogP contribution in [0.15, 0.2) is 18.6 Å². The highest BCUT2D eigenvalue weighted by atomic mass is 35.5. The molecule has 18 heavy (non-hydrogen) atoms. The zero-order valence-electron chi connectivity index (χ0n) is 10.9. The van der Waals surface area contributed by atoms with E-state index < -0.39 is 0 Å². The number of imidazole rings is 1. The third-order valence-electron chi connectivity index (χ3n) is 2.93. The van der Waals surface area contributed by atoms with E-state index in [1.165, 1.54) is 0 Å². The van der Waals surface area contributed by atoms with Gasteiger partial charge in [-0.05, 0) is 13.0 Å². The first kappa shape index (κ1) is 13.1. The number of nitrogens with one attached hydrogen (secondary N) is 1. The fourth-order valence-electron chi connectivity index (χ4n) is 2.00. The number of nitrogens with zero attached hydrogens (tertiary/aromatic N) is 4. The third-order valence-corrected chi connectivity index (χ3v) is 3.22. The second-order valence-corrected chi connectivity index (χ2v) is 4.69. The van der Waals surface area contributed by atoms with Gasteiger partial charge in [0.2, 0.25) is 0 Å². The average Bonchev–Trinajstić information content (AvgIpc) is 2.90. The molecule has 2 aromatic heterocycles. The summed E-state index contributed by atoms with van der Waals surface area (Å²) in [6, 6.07) is -0.0371. The highest BCUT2D eigenvalue weighted by Crippen LogP contribution is 2.26. The third kappa shape index (κ3) is 2.42. The minimum absolute atomic E-state index is 0.0371. The molecule has 6 heteroatoms. The maximum Gasteiger partial charge on any atom is 0.131 e. The van der Waals surface area contributed by atoms with Gasteiger partial charge in [-0.1, -0.05) is 18.5 Å². The summed E-state index contributed by atoms with van der Waals surface area (Å²) in [7, 11) is 3.87. The summed E-state index contributed by atoms with van der Waals surface area (Å²) in [5.74, 6) is 0.939. The van der Waals surface area contributed by atoms with Crippen LogP contribution in [-0.2, 0) is 14.1 Å². The molecule has 0 spiro atoms. The summed E-state index contributed by atoms with van der Waals surface area (Å²) in [6.07, 6.45) is 6.44. The molecule has 2 heterocycles. The summed E-state index contributed by atoms with van der Waals surface area (Å²) in [5, 5.41) is 8.32. The van der Waals surface area contributed by atoms with Gasteiger partial charge in [0.1, 0.15) is 11.9 Å². The predicted molar refractivity (Wildman–Crippen MR) is 71.6 cm³/mol. The van der Waals surface area contributed by atoms with Gasteiger partial charge in [0.15, 0.2) is 0 Å². The fraction of sp³-hybridized carbons (Fsp3) is 0.500. The van der Waals surface area contributed by atoms with Crippen LogP contribution in [0.1, 0.15) is 30.9 Å². The number of aryl methyl sites for hydroxylation is 2. The molecular weight excluding hydrogens is 250 g/mol. The van der Waals surface area contributed by atoms with Crippen LogP contribution in [0.2, 0.25) is 5.02 Å². The van der Waals surface area contributed by atoms with Crippen LogP contribution in [-0.4, -0.2) is 25.9 Å². The van der Waals surface area contributed by atoms with E-state index >= 15 is 0 Å². The molecule has 0 aliphatic heterocycles. The molecule has 1 N–H and O–H groups in total. The maximum absolute atomic E-state index is 6.23. The van der Waals surface area contributed by atoms with Crippen LogP contribution in [0.4, 0.5) is 0 Å². The molecule has 0 saturated heterocycles. The Hall–Kier alpha value is -1.33. The zero-order chi connectivity index (χ0) is 13.1. The molecule has 1 atom stereocenters. The molecule has 98 valence electrons. The van der Waals surface area contributed by atoms with Crippen LogP contribution in [0.3, 0.4) is 0 Å². The first-order valence-electron chi connectivity index (χ1n) is 6.03. The van der Waals surface area contributed by atoms with Gasteiger partial charge in [-0.15, -0.1) is 0 Å². The minimum Gasteiger partial charge on any atom is -0.336 e. The number of hydrogen-bond acceptors (Lipinski definition) is 3. The molecule has 2 aromatic rings. The lowest BCUT2D eigenvalue weighted by Crippen LogP contribution is -2.27. The van der Waals surface area contributed by atoms with Gasteiger partial charge >= 0.3 is 0 Å². The molecule has 2 rings (SSSR count). The first-order chi connectivity index (χ1) is 8.65. The van der Waals surface area contributed by atoms with E-state index in [-0.39, 0.29) is 6.04 Å². The molecule has 0 fully saturated rings. The lowest BCUT2D eigenvalue weighted by molar-refractivity contribution is 0.520. The Morgan fingerprint density at radius 2 is 2.22 bits per heavy atom. The van der Waals surface area contributed by atoms with Gasteiger partial charge in [0, 0.05) is 26.5 Å². The van der Waals surface area contributed by atoms with Crippen LogP contribution >= 0.6 is 11.6 Å². The molecule has 0 amide bonds. The number of aromatic nitrogens is 4. The van der Waals surface area contributed by atoms with Crippen LogP contribution in [0.25, 0.3) is 0 Å². The van der Waals surface area contributed by atoms with Crippen molar-refractivity contribution < 1.29 is 0 Å². The normalized spacial score (nSPS) is 12.9. The minimum atomic E-state index is -0.0371. The smallest absolute Gasteiger partial charge is 0.131 e. The Labute approximate surface area is 112 Å². The Morgan fingerprint density at radius 1 is 1.44 bits per heavy atom. The zero-order valence-corrected chi connectivity index (χ0v) is 11.6. The van der Waals surface area contributed by atoms with E-state index in [1.807, 2.05) is 24.9 Å². The van der Waals surface area contributed by atoms with E-state index in [1.54, 1.807) is 17.1 Å². The summed E-state index contributed by atoms with van der Waals surface area (Å²) in [5.41, 5.74) is 0.944. The highest BCUT2D eigenvalue weighted by molar-refractivity contribution is 6.31. The maximum atomic E-state index is 6.23. The van der Waals surface area contributed by atoms with Crippen molar-refractivity contribution in [1.29, 1.82) is 0 Å². The second kappa shape index (κ2) is 5.54. The SMILES string of the molecule is CCCNC(c1nccn1C)c1c(Cl)cnn1C. The van der Waals surface area contributed by atoms with Gasteiger partial charge in [0.05, 0.1) is 16.9 Å². The standard InChI is InChI=1S/C12H18ClN5/c1-4-5-14-10(12-15-6-7-17(12)2)11-9(13)8-16-18(11)3/h6-8,10,14H,4-5H2,1-3H3. The summed E-state index contributed by atoms with van der Waals surface area (Å²) >= 11 is 6.23. The van der Waals surface area contributed by atoms with Crippen molar-refractivity contribution in [1.82, 2.24) is 24.6 Å². The first-order valence-corrected chi connectivity index (χ1v) is 6.41. The van der Waals surface area contributed by atoms with Gasteiger partial charge in [0.25, 0.3) is 0 Å². The average molecular weight is 268 g/mol. The van der Waals surface area contributed by atoms with Gasteiger partial charge < -0.3 is 9.88 Å². The van der Waals surface area contributed by atoms with E-state index in [9.17, 15) is 0 Å². The van der Waals surface area contributed by atoms with Crippen molar-refractivity contribution >= 4 is 11.6 Å². The summed E-state index contributed by atoms with van der Waals surface area (Å²) < 4.78 is 3.79. The largest absolute Gasteiger partial charge is 0.336 e. The van der Waals surface area contributed by atoms with E-state index in [4.69, 9.17) is 11.6 Å².